The zero-order chi connectivity index (χ0) is 13.0. The van der Waals surface area contributed by atoms with Gasteiger partial charge in [-0.25, -0.2) is 0 Å². The molecular weight excluding hydrogens is 246 g/mol. The fourth-order valence-electron chi connectivity index (χ4n) is 3.56. The zero-order valence-corrected chi connectivity index (χ0v) is 10.5. The van der Waals surface area contributed by atoms with Crippen molar-refractivity contribution in [3.05, 3.63) is 18.0 Å². The molecule has 1 aliphatic heterocycles. The number of amides is 2. The molecule has 6 heteroatoms. The van der Waals surface area contributed by atoms with Gasteiger partial charge >= 0.3 is 11.8 Å². The van der Waals surface area contributed by atoms with Crippen LogP contribution in [0.3, 0.4) is 0 Å². The van der Waals surface area contributed by atoms with Crippen molar-refractivity contribution in [2.45, 2.75) is 31.3 Å². The van der Waals surface area contributed by atoms with E-state index in [1.807, 2.05) is 4.90 Å². The lowest BCUT2D eigenvalue weighted by atomic mass is 9.49. The fraction of sp³-hybridized carbons (Fsp3) is 0.615. The van der Waals surface area contributed by atoms with Gasteiger partial charge in [-0.1, -0.05) is 5.16 Å². The molecule has 100 valence electrons. The van der Waals surface area contributed by atoms with E-state index in [0.717, 1.165) is 25.2 Å². The van der Waals surface area contributed by atoms with Gasteiger partial charge in [0.05, 0.1) is 6.54 Å². The predicted octanol–water partition coefficient (Wildman–Crippen LogP) is 0.398. The summed E-state index contributed by atoms with van der Waals surface area (Å²) >= 11 is 0. The van der Waals surface area contributed by atoms with Crippen molar-refractivity contribution in [1.29, 1.82) is 0 Å². The lowest BCUT2D eigenvalue weighted by Gasteiger charge is -2.66. The molecule has 2 heterocycles. The highest BCUT2D eigenvalue weighted by atomic mass is 16.5. The molecule has 0 N–H and O–H groups in total. The number of carbonyl (C=O) groups is 2. The van der Waals surface area contributed by atoms with Gasteiger partial charge in [0.1, 0.15) is 12.0 Å². The van der Waals surface area contributed by atoms with Gasteiger partial charge in [0, 0.05) is 24.7 Å². The first-order valence-electron chi connectivity index (χ1n) is 6.68. The topological polar surface area (TPSA) is 66.7 Å². The van der Waals surface area contributed by atoms with Gasteiger partial charge in [0.25, 0.3) is 0 Å². The number of nitrogens with zero attached hydrogens (tertiary/aromatic N) is 3. The Balaban J connectivity index is 1.47. The normalized spacial score (nSPS) is 33.2. The Labute approximate surface area is 110 Å². The molecular formula is C13H15N3O3. The third-order valence-corrected chi connectivity index (χ3v) is 4.73. The average Bonchev–Trinajstić information content (AvgIpc) is 2.77. The zero-order valence-electron chi connectivity index (χ0n) is 10.5. The van der Waals surface area contributed by atoms with E-state index < -0.39 is 5.91 Å². The first-order chi connectivity index (χ1) is 9.18. The van der Waals surface area contributed by atoms with Crippen LogP contribution in [0.15, 0.2) is 16.9 Å². The Bertz CT molecular complexity index is 522. The molecule has 0 unspecified atom stereocenters. The quantitative estimate of drug-likeness (QED) is 0.739. The maximum Gasteiger partial charge on any atom is 0.312 e. The van der Waals surface area contributed by atoms with Gasteiger partial charge in [-0.3, -0.25) is 9.59 Å². The molecule has 4 fully saturated rings. The first-order valence-corrected chi connectivity index (χ1v) is 6.68. The van der Waals surface area contributed by atoms with Gasteiger partial charge in [0.15, 0.2) is 0 Å². The van der Waals surface area contributed by atoms with E-state index in [4.69, 9.17) is 4.52 Å². The third-order valence-electron chi connectivity index (χ3n) is 4.73. The van der Waals surface area contributed by atoms with Crippen molar-refractivity contribution in [3.8, 4) is 0 Å². The molecule has 0 radical (unpaired) electrons. The molecule has 2 bridgehead atoms. The van der Waals surface area contributed by atoms with Crippen molar-refractivity contribution in [3.63, 3.8) is 0 Å². The van der Waals surface area contributed by atoms with Crippen molar-refractivity contribution in [2.75, 3.05) is 13.1 Å². The summed E-state index contributed by atoms with van der Waals surface area (Å²) in [7, 11) is 0. The minimum Gasteiger partial charge on any atom is -0.364 e. The van der Waals surface area contributed by atoms with Crippen LogP contribution in [0.1, 0.15) is 25.0 Å². The molecule has 6 nitrogen and oxygen atoms in total. The third kappa shape index (κ3) is 1.45. The van der Waals surface area contributed by atoms with Gasteiger partial charge in [-0.2, -0.15) is 0 Å². The SMILES string of the molecule is O=C1C(=O)N(C23CC(C2)C3)CCN1Cc1ccon1. The highest BCUT2D eigenvalue weighted by Crippen LogP contribution is 2.60. The molecule has 3 aliphatic carbocycles. The molecule has 1 saturated heterocycles. The minimum atomic E-state index is -0.404. The highest BCUT2D eigenvalue weighted by Gasteiger charge is 2.62. The summed E-state index contributed by atoms with van der Waals surface area (Å²) in [6.45, 7) is 1.59. The van der Waals surface area contributed by atoms with Crippen molar-refractivity contribution in [2.24, 2.45) is 5.92 Å². The van der Waals surface area contributed by atoms with Gasteiger partial charge < -0.3 is 14.3 Å². The number of hydrogen-bond acceptors (Lipinski definition) is 4. The number of carbonyl (C=O) groups excluding carboxylic acids is 2. The van der Waals surface area contributed by atoms with Crippen LogP contribution in [0, 0.1) is 5.92 Å². The monoisotopic (exact) mass is 261 g/mol. The van der Waals surface area contributed by atoms with Crippen LogP contribution in [-0.2, 0) is 16.1 Å². The summed E-state index contributed by atoms with van der Waals surface area (Å²) in [6, 6.07) is 1.71. The molecule has 3 saturated carbocycles. The fourth-order valence-corrected chi connectivity index (χ4v) is 3.56. The maximum absolute atomic E-state index is 12.2. The lowest BCUT2D eigenvalue weighted by Crippen LogP contribution is -2.73. The Morgan fingerprint density at radius 3 is 2.63 bits per heavy atom. The molecule has 0 aromatic carbocycles. The Morgan fingerprint density at radius 2 is 2.05 bits per heavy atom. The van der Waals surface area contributed by atoms with Crippen LogP contribution in [0.5, 0.6) is 0 Å². The van der Waals surface area contributed by atoms with Crippen LogP contribution in [-0.4, -0.2) is 45.4 Å². The van der Waals surface area contributed by atoms with Crippen LogP contribution in [0.2, 0.25) is 0 Å². The summed E-state index contributed by atoms with van der Waals surface area (Å²) in [5, 5.41) is 3.78. The van der Waals surface area contributed by atoms with Gasteiger partial charge in [-0.15, -0.1) is 0 Å². The number of hydrogen-bond donors (Lipinski definition) is 0. The van der Waals surface area contributed by atoms with E-state index in [1.165, 1.54) is 6.26 Å². The standard InChI is InChI=1S/C13H15N3O3/c17-11-12(18)16(13-5-9(6-13)7-13)3-2-15(11)8-10-1-4-19-14-10/h1,4,9H,2-3,5-8H2. The Kier molecular flexibility index (Phi) is 2.08. The average molecular weight is 261 g/mol. The van der Waals surface area contributed by atoms with E-state index >= 15 is 0 Å². The van der Waals surface area contributed by atoms with Crippen LogP contribution >= 0.6 is 0 Å². The van der Waals surface area contributed by atoms with Gasteiger partial charge in [0.2, 0.25) is 0 Å². The largest absolute Gasteiger partial charge is 0.364 e. The highest BCUT2D eigenvalue weighted by molar-refractivity contribution is 6.35. The smallest absolute Gasteiger partial charge is 0.312 e. The second kappa shape index (κ2) is 3.59. The summed E-state index contributed by atoms with van der Waals surface area (Å²) in [4.78, 5) is 27.7. The van der Waals surface area contributed by atoms with Crippen LogP contribution in [0.25, 0.3) is 0 Å². The minimum absolute atomic E-state index is 0.0391. The molecule has 0 spiro atoms. The van der Waals surface area contributed by atoms with E-state index in [1.54, 1.807) is 11.0 Å². The molecule has 19 heavy (non-hydrogen) atoms. The molecule has 0 atom stereocenters. The molecule has 2 amide bonds. The summed E-state index contributed by atoms with van der Waals surface area (Å²) < 4.78 is 4.74. The van der Waals surface area contributed by atoms with E-state index in [0.29, 0.717) is 25.3 Å². The first kappa shape index (κ1) is 11.0. The van der Waals surface area contributed by atoms with Crippen LogP contribution in [0.4, 0.5) is 0 Å². The molecule has 4 aliphatic rings. The molecule has 5 rings (SSSR count). The molecule has 1 aromatic heterocycles. The van der Waals surface area contributed by atoms with Crippen LogP contribution < -0.4 is 0 Å². The van der Waals surface area contributed by atoms with Gasteiger partial charge in [-0.05, 0) is 25.2 Å². The van der Waals surface area contributed by atoms with E-state index in [2.05, 4.69) is 5.16 Å². The second-order valence-corrected chi connectivity index (χ2v) is 5.88. The number of piperazine rings is 1. The maximum atomic E-state index is 12.2. The summed E-state index contributed by atoms with van der Waals surface area (Å²) in [5.41, 5.74) is 0.720. The van der Waals surface area contributed by atoms with Crippen molar-refractivity contribution < 1.29 is 14.1 Å². The number of rotatable bonds is 3. The van der Waals surface area contributed by atoms with E-state index in [9.17, 15) is 9.59 Å². The second-order valence-electron chi connectivity index (χ2n) is 5.88. The molecule has 1 aromatic rings. The lowest BCUT2D eigenvalue weighted by molar-refractivity contribution is -0.186. The Hall–Kier alpha value is -1.85. The van der Waals surface area contributed by atoms with E-state index in [-0.39, 0.29) is 11.4 Å². The van der Waals surface area contributed by atoms with Crippen molar-refractivity contribution in [1.82, 2.24) is 15.0 Å². The predicted molar refractivity (Wildman–Crippen MR) is 63.7 cm³/mol. The Morgan fingerprint density at radius 1 is 1.26 bits per heavy atom. The van der Waals surface area contributed by atoms with Crippen molar-refractivity contribution >= 4 is 11.8 Å². The summed E-state index contributed by atoms with van der Waals surface area (Å²) in [6.07, 6.45) is 4.75. The number of aromatic nitrogens is 1. The summed E-state index contributed by atoms with van der Waals surface area (Å²) in [5.74, 6) is 0.0583.